The number of nitrogens with zero attached hydrogens (tertiary/aromatic N) is 3. The number of aromatic hydroxyl groups is 1. The normalized spacial score (nSPS) is 14.2. The molecule has 0 bridgehead atoms. The summed E-state index contributed by atoms with van der Waals surface area (Å²) < 4.78 is 8.24. The highest BCUT2D eigenvalue weighted by Gasteiger charge is 2.19. The van der Waals surface area contributed by atoms with Gasteiger partial charge in [-0.15, -0.1) is 0 Å². The lowest BCUT2D eigenvalue weighted by Crippen LogP contribution is -2.42. The molecule has 32 heavy (non-hydrogen) atoms. The molecule has 3 aromatic rings. The molecule has 0 spiro atoms. The molecule has 0 saturated carbocycles. The summed E-state index contributed by atoms with van der Waals surface area (Å²) in [5, 5.41) is 15.1. The number of benzene rings is 2. The van der Waals surface area contributed by atoms with E-state index in [-0.39, 0.29) is 23.8 Å². The Kier molecular flexibility index (Phi) is 6.92. The number of morpholine rings is 1. The standard InChI is InChI=1S/C22H20Br2N4O4/c23-15-9-17(21(30)18(24)10-15)22(31)26-25-11-14-12-28(19-4-2-1-3-16(14)19)13-20(29)27-5-7-32-8-6-27/h1-4,9-12,30H,5-8,13H2,(H,26,31)/b25-11-. The lowest BCUT2D eigenvalue weighted by Gasteiger charge is -2.27. The number of nitrogens with one attached hydrogen (secondary N) is 1. The third-order valence-electron chi connectivity index (χ3n) is 5.13. The maximum Gasteiger partial charge on any atom is 0.275 e. The Morgan fingerprint density at radius 3 is 2.72 bits per heavy atom. The first-order valence-electron chi connectivity index (χ1n) is 9.89. The second-order valence-electron chi connectivity index (χ2n) is 7.21. The number of fused-ring (bicyclic) bond motifs is 1. The van der Waals surface area contributed by atoms with E-state index in [4.69, 9.17) is 4.74 Å². The van der Waals surface area contributed by atoms with Gasteiger partial charge in [-0.05, 0) is 34.1 Å². The van der Waals surface area contributed by atoms with Gasteiger partial charge in [0, 0.05) is 40.2 Å². The second-order valence-corrected chi connectivity index (χ2v) is 8.98. The fourth-order valence-corrected chi connectivity index (χ4v) is 4.75. The number of aromatic nitrogens is 1. The molecule has 1 aromatic heterocycles. The van der Waals surface area contributed by atoms with Gasteiger partial charge in [-0.2, -0.15) is 5.10 Å². The molecule has 2 amide bonds. The second kappa shape index (κ2) is 9.85. The van der Waals surface area contributed by atoms with Crippen LogP contribution in [0.5, 0.6) is 5.75 Å². The minimum absolute atomic E-state index is 0.0292. The van der Waals surface area contributed by atoms with Crippen molar-refractivity contribution in [2.24, 2.45) is 5.10 Å². The molecule has 4 rings (SSSR count). The van der Waals surface area contributed by atoms with E-state index in [1.807, 2.05) is 35.0 Å². The molecule has 2 N–H and O–H groups in total. The Bertz CT molecular complexity index is 1200. The molecule has 1 fully saturated rings. The number of ether oxygens (including phenoxy) is 1. The number of phenols is 1. The Hall–Kier alpha value is -2.69. The first kappa shape index (κ1) is 22.5. The Labute approximate surface area is 201 Å². The Morgan fingerprint density at radius 2 is 1.94 bits per heavy atom. The lowest BCUT2D eigenvalue weighted by atomic mass is 10.2. The van der Waals surface area contributed by atoms with Crippen molar-refractivity contribution in [3.8, 4) is 5.75 Å². The van der Waals surface area contributed by atoms with Gasteiger partial charge in [0.1, 0.15) is 12.3 Å². The molecular formula is C22H20Br2N4O4. The number of hydrogen-bond donors (Lipinski definition) is 2. The average molecular weight is 564 g/mol. The smallest absolute Gasteiger partial charge is 0.275 e. The Balaban J connectivity index is 1.53. The zero-order chi connectivity index (χ0) is 22.7. The van der Waals surface area contributed by atoms with E-state index >= 15 is 0 Å². The molecule has 0 atom stereocenters. The zero-order valence-electron chi connectivity index (χ0n) is 16.9. The van der Waals surface area contributed by atoms with Gasteiger partial charge in [0.25, 0.3) is 5.91 Å². The number of halogens is 2. The van der Waals surface area contributed by atoms with Crippen molar-refractivity contribution in [3.63, 3.8) is 0 Å². The molecule has 0 radical (unpaired) electrons. The van der Waals surface area contributed by atoms with Crippen molar-refractivity contribution in [3.05, 3.63) is 62.7 Å². The summed E-state index contributed by atoms with van der Waals surface area (Å²) in [6, 6.07) is 10.8. The van der Waals surface area contributed by atoms with E-state index in [9.17, 15) is 14.7 Å². The molecule has 1 aliphatic rings. The molecular weight excluding hydrogens is 544 g/mol. The third-order valence-corrected chi connectivity index (χ3v) is 6.19. The quantitative estimate of drug-likeness (QED) is 0.367. The van der Waals surface area contributed by atoms with Crippen LogP contribution in [0, 0.1) is 0 Å². The van der Waals surface area contributed by atoms with Crippen molar-refractivity contribution in [2.45, 2.75) is 6.54 Å². The van der Waals surface area contributed by atoms with Crippen LogP contribution in [0.15, 0.2) is 56.6 Å². The van der Waals surface area contributed by atoms with Gasteiger partial charge in [-0.3, -0.25) is 9.59 Å². The van der Waals surface area contributed by atoms with E-state index in [0.29, 0.717) is 35.2 Å². The number of carbonyl (C=O) groups excluding carboxylic acids is 2. The number of amides is 2. The van der Waals surface area contributed by atoms with Crippen LogP contribution >= 0.6 is 31.9 Å². The fraction of sp³-hybridized carbons (Fsp3) is 0.227. The van der Waals surface area contributed by atoms with Gasteiger partial charge in [0.2, 0.25) is 5.91 Å². The lowest BCUT2D eigenvalue weighted by molar-refractivity contribution is -0.135. The molecule has 8 nitrogen and oxygen atoms in total. The van der Waals surface area contributed by atoms with E-state index in [0.717, 1.165) is 16.5 Å². The van der Waals surface area contributed by atoms with Crippen LogP contribution in [-0.4, -0.2) is 58.9 Å². The number of rotatable bonds is 5. The van der Waals surface area contributed by atoms with Crippen LogP contribution in [0.2, 0.25) is 0 Å². The van der Waals surface area contributed by atoms with Gasteiger partial charge in [0.05, 0.1) is 29.5 Å². The highest BCUT2D eigenvalue weighted by Crippen LogP contribution is 2.31. The Morgan fingerprint density at radius 1 is 1.19 bits per heavy atom. The highest BCUT2D eigenvalue weighted by molar-refractivity contribution is 9.11. The summed E-state index contributed by atoms with van der Waals surface area (Å²) in [5.74, 6) is -0.687. The first-order valence-corrected chi connectivity index (χ1v) is 11.5. The number of hydrazone groups is 1. The van der Waals surface area contributed by atoms with E-state index < -0.39 is 5.91 Å². The molecule has 1 aliphatic heterocycles. The third kappa shape index (κ3) is 4.87. The van der Waals surface area contributed by atoms with Gasteiger partial charge in [-0.25, -0.2) is 5.43 Å². The predicted molar refractivity (Wildman–Crippen MR) is 128 cm³/mol. The van der Waals surface area contributed by atoms with E-state index in [1.54, 1.807) is 11.0 Å². The minimum atomic E-state index is -0.549. The van der Waals surface area contributed by atoms with E-state index in [2.05, 4.69) is 42.4 Å². The minimum Gasteiger partial charge on any atom is -0.506 e. The fourth-order valence-electron chi connectivity index (χ4n) is 3.53. The van der Waals surface area contributed by atoms with Gasteiger partial charge >= 0.3 is 0 Å². The predicted octanol–water partition coefficient (Wildman–Crippen LogP) is 3.49. The topological polar surface area (TPSA) is 96.2 Å². The van der Waals surface area contributed by atoms with E-state index in [1.165, 1.54) is 12.3 Å². The molecule has 166 valence electrons. The van der Waals surface area contributed by atoms with Crippen molar-refractivity contribution in [2.75, 3.05) is 26.3 Å². The number of hydrogen-bond acceptors (Lipinski definition) is 5. The van der Waals surface area contributed by atoms with Crippen LogP contribution in [-0.2, 0) is 16.1 Å². The maximum atomic E-state index is 12.7. The number of phenolic OH excluding ortho intramolecular Hbond substituents is 1. The van der Waals surface area contributed by atoms with Crippen LogP contribution in [0.25, 0.3) is 10.9 Å². The zero-order valence-corrected chi connectivity index (χ0v) is 20.1. The van der Waals surface area contributed by atoms with Gasteiger partial charge < -0.3 is 19.3 Å². The van der Waals surface area contributed by atoms with Gasteiger partial charge in [0.15, 0.2) is 0 Å². The maximum absolute atomic E-state index is 12.7. The summed E-state index contributed by atoms with van der Waals surface area (Å²) in [6.07, 6.45) is 3.37. The van der Waals surface area contributed by atoms with Crippen LogP contribution < -0.4 is 5.43 Å². The first-order chi connectivity index (χ1) is 15.4. The molecule has 0 aliphatic carbocycles. The molecule has 2 aromatic carbocycles. The summed E-state index contributed by atoms with van der Waals surface area (Å²) in [7, 11) is 0. The number of carbonyl (C=O) groups is 2. The summed E-state index contributed by atoms with van der Waals surface area (Å²) >= 11 is 6.51. The van der Waals surface area contributed by atoms with Gasteiger partial charge in [-0.1, -0.05) is 34.1 Å². The number of para-hydroxylation sites is 1. The van der Waals surface area contributed by atoms with Crippen molar-refractivity contribution in [1.29, 1.82) is 0 Å². The molecule has 1 saturated heterocycles. The summed E-state index contributed by atoms with van der Waals surface area (Å²) in [6.45, 7) is 2.51. The molecule has 10 heteroatoms. The summed E-state index contributed by atoms with van der Waals surface area (Å²) in [5.41, 5.74) is 4.18. The van der Waals surface area contributed by atoms with Crippen molar-refractivity contribution in [1.82, 2.24) is 14.9 Å². The average Bonchev–Trinajstić information content (AvgIpc) is 3.14. The molecule has 2 heterocycles. The van der Waals surface area contributed by atoms with Crippen LogP contribution in [0.4, 0.5) is 0 Å². The SMILES string of the molecule is O=C(N/N=C\c1cn(CC(=O)N2CCOCC2)c2ccccc12)c1cc(Br)cc(Br)c1O. The summed E-state index contributed by atoms with van der Waals surface area (Å²) in [4.78, 5) is 27.0. The molecule has 0 unspecified atom stereocenters. The largest absolute Gasteiger partial charge is 0.506 e. The van der Waals surface area contributed by atoms with Crippen LogP contribution in [0.3, 0.4) is 0 Å². The van der Waals surface area contributed by atoms with Crippen molar-refractivity contribution < 1.29 is 19.4 Å². The van der Waals surface area contributed by atoms with Crippen LogP contribution in [0.1, 0.15) is 15.9 Å². The van der Waals surface area contributed by atoms with Crippen molar-refractivity contribution >= 4 is 60.8 Å². The monoisotopic (exact) mass is 562 g/mol. The highest BCUT2D eigenvalue weighted by atomic mass is 79.9.